The van der Waals surface area contributed by atoms with E-state index in [9.17, 15) is 4.79 Å². The van der Waals surface area contributed by atoms with E-state index in [0.29, 0.717) is 0 Å². The number of hydrogen-bond acceptors (Lipinski definition) is 3. The van der Waals surface area contributed by atoms with Crippen molar-refractivity contribution in [1.29, 1.82) is 0 Å². The minimum atomic E-state index is -0.171. The van der Waals surface area contributed by atoms with E-state index >= 15 is 0 Å². The summed E-state index contributed by atoms with van der Waals surface area (Å²) in [6.07, 6.45) is 0.855. The molecule has 1 rings (SSSR count). The predicted molar refractivity (Wildman–Crippen MR) is 70.2 cm³/mol. The van der Waals surface area contributed by atoms with Crippen LogP contribution in [0.2, 0.25) is 0 Å². The average Bonchev–Trinajstić information content (AvgIpc) is 2.87. The highest BCUT2D eigenvalue weighted by Crippen LogP contribution is 2.21. The molecule has 0 bridgehead atoms. The molecule has 0 saturated carbocycles. The lowest BCUT2D eigenvalue weighted by molar-refractivity contribution is 0.154. The SMILES string of the molecule is CCC(NC(=O)N(C)C(C)CO)c1cccs1. The van der Waals surface area contributed by atoms with Crippen LogP contribution in [0.1, 0.15) is 31.2 Å². The van der Waals surface area contributed by atoms with Gasteiger partial charge in [-0.25, -0.2) is 4.79 Å². The molecule has 1 aromatic rings. The number of amides is 2. The number of carbonyl (C=O) groups excluding carboxylic acids is 1. The summed E-state index contributed by atoms with van der Waals surface area (Å²) < 4.78 is 0. The molecule has 2 amide bonds. The summed E-state index contributed by atoms with van der Waals surface area (Å²) in [5, 5.41) is 14.0. The highest BCUT2D eigenvalue weighted by atomic mass is 32.1. The smallest absolute Gasteiger partial charge is 0.317 e. The van der Waals surface area contributed by atoms with Gasteiger partial charge < -0.3 is 15.3 Å². The molecular formula is C12H20N2O2S. The first-order valence-corrected chi connectivity index (χ1v) is 6.65. The van der Waals surface area contributed by atoms with Crippen LogP contribution >= 0.6 is 11.3 Å². The van der Waals surface area contributed by atoms with Gasteiger partial charge in [0.15, 0.2) is 0 Å². The summed E-state index contributed by atoms with van der Waals surface area (Å²) in [6.45, 7) is 3.82. The van der Waals surface area contributed by atoms with E-state index in [4.69, 9.17) is 5.11 Å². The van der Waals surface area contributed by atoms with E-state index in [1.807, 2.05) is 31.4 Å². The molecule has 0 spiro atoms. The third-order valence-electron chi connectivity index (χ3n) is 2.84. The molecule has 0 fully saturated rings. The number of hydrogen-bond donors (Lipinski definition) is 2. The number of aliphatic hydroxyl groups is 1. The van der Waals surface area contributed by atoms with Crippen molar-refractivity contribution in [1.82, 2.24) is 10.2 Å². The third-order valence-corrected chi connectivity index (χ3v) is 3.82. The van der Waals surface area contributed by atoms with Gasteiger partial charge in [-0.15, -0.1) is 11.3 Å². The van der Waals surface area contributed by atoms with Crippen LogP contribution in [-0.4, -0.2) is 35.7 Å². The lowest BCUT2D eigenvalue weighted by atomic mass is 10.2. The normalized spacial score (nSPS) is 14.1. The molecule has 2 N–H and O–H groups in total. The molecule has 4 nitrogen and oxygen atoms in total. The second kappa shape index (κ2) is 6.61. The first kappa shape index (κ1) is 14.0. The Balaban J connectivity index is 2.60. The Morgan fingerprint density at radius 3 is 2.82 bits per heavy atom. The van der Waals surface area contributed by atoms with Crippen LogP contribution in [0.5, 0.6) is 0 Å². The summed E-state index contributed by atoms with van der Waals surface area (Å²) in [5.74, 6) is 0. The van der Waals surface area contributed by atoms with Crippen molar-refractivity contribution in [3.05, 3.63) is 22.4 Å². The predicted octanol–water partition coefficient (Wildman–Crippen LogP) is 2.22. The van der Waals surface area contributed by atoms with E-state index in [0.717, 1.165) is 11.3 Å². The van der Waals surface area contributed by atoms with Crippen molar-refractivity contribution in [3.8, 4) is 0 Å². The highest BCUT2D eigenvalue weighted by molar-refractivity contribution is 7.10. The van der Waals surface area contributed by atoms with Gasteiger partial charge in [-0.05, 0) is 24.8 Å². The molecule has 1 aromatic heterocycles. The summed E-state index contributed by atoms with van der Waals surface area (Å²) in [4.78, 5) is 14.6. The molecular weight excluding hydrogens is 236 g/mol. The minimum absolute atomic E-state index is 0.0281. The molecule has 96 valence electrons. The monoisotopic (exact) mass is 256 g/mol. The van der Waals surface area contributed by atoms with Crippen molar-refractivity contribution >= 4 is 17.4 Å². The number of urea groups is 1. The molecule has 0 saturated heterocycles. The van der Waals surface area contributed by atoms with Crippen LogP contribution in [0.4, 0.5) is 4.79 Å². The van der Waals surface area contributed by atoms with Gasteiger partial charge in [0.1, 0.15) is 0 Å². The fraction of sp³-hybridized carbons (Fsp3) is 0.583. The maximum Gasteiger partial charge on any atom is 0.317 e. The Morgan fingerprint density at radius 2 is 2.35 bits per heavy atom. The van der Waals surface area contributed by atoms with Crippen molar-refractivity contribution in [2.24, 2.45) is 0 Å². The Bertz CT molecular complexity index is 340. The molecule has 0 radical (unpaired) electrons. The molecule has 17 heavy (non-hydrogen) atoms. The quantitative estimate of drug-likeness (QED) is 0.848. The van der Waals surface area contributed by atoms with Crippen LogP contribution in [-0.2, 0) is 0 Å². The molecule has 0 aliphatic carbocycles. The molecule has 2 unspecified atom stereocenters. The van der Waals surface area contributed by atoms with Crippen molar-refractivity contribution in [3.63, 3.8) is 0 Å². The zero-order chi connectivity index (χ0) is 12.8. The number of aliphatic hydroxyl groups excluding tert-OH is 1. The second-order valence-electron chi connectivity index (χ2n) is 4.07. The number of rotatable bonds is 5. The summed E-state index contributed by atoms with van der Waals surface area (Å²) in [5.41, 5.74) is 0. The van der Waals surface area contributed by atoms with E-state index < -0.39 is 0 Å². The van der Waals surface area contributed by atoms with Crippen LogP contribution < -0.4 is 5.32 Å². The van der Waals surface area contributed by atoms with Crippen LogP contribution in [0.15, 0.2) is 17.5 Å². The third kappa shape index (κ3) is 3.71. The number of thiophene rings is 1. The van der Waals surface area contributed by atoms with Gasteiger partial charge in [0, 0.05) is 11.9 Å². The molecule has 5 heteroatoms. The van der Waals surface area contributed by atoms with E-state index in [1.54, 1.807) is 18.4 Å². The Labute approximate surface area is 106 Å². The molecule has 0 aliphatic heterocycles. The van der Waals surface area contributed by atoms with Gasteiger partial charge >= 0.3 is 6.03 Å². The van der Waals surface area contributed by atoms with E-state index in [2.05, 4.69) is 5.32 Å². The summed E-state index contributed by atoms with van der Waals surface area (Å²) in [7, 11) is 1.69. The first-order valence-electron chi connectivity index (χ1n) is 5.77. The van der Waals surface area contributed by atoms with Gasteiger partial charge in [0.2, 0.25) is 0 Å². The Morgan fingerprint density at radius 1 is 1.65 bits per heavy atom. The Kier molecular flexibility index (Phi) is 5.44. The molecule has 0 aliphatic rings. The van der Waals surface area contributed by atoms with E-state index in [-0.39, 0.29) is 24.7 Å². The number of carbonyl (C=O) groups is 1. The number of nitrogens with one attached hydrogen (secondary N) is 1. The zero-order valence-electron chi connectivity index (χ0n) is 10.5. The number of likely N-dealkylation sites (N-methyl/N-ethyl adjacent to an activating group) is 1. The first-order chi connectivity index (χ1) is 8.10. The lowest BCUT2D eigenvalue weighted by Crippen LogP contribution is -2.44. The van der Waals surface area contributed by atoms with Crippen LogP contribution in [0.3, 0.4) is 0 Å². The topological polar surface area (TPSA) is 52.6 Å². The standard InChI is InChI=1S/C12H20N2O2S/c1-4-10(11-6-5-7-17-11)13-12(16)14(3)9(2)8-15/h5-7,9-10,15H,4,8H2,1-3H3,(H,13,16). The second-order valence-corrected chi connectivity index (χ2v) is 5.05. The molecule has 2 atom stereocenters. The molecule has 1 heterocycles. The van der Waals surface area contributed by atoms with Gasteiger partial charge in [-0.1, -0.05) is 13.0 Å². The zero-order valence-corrected chi connectivity index (χ0v) is 11.3. The fourth-order valence-electron chi connectivity index (χ4n) is 1.44. The Hall–Kier alpha value is -1.07. The largest absolute Gasteiger partial charge is 0.394 e. The van der Waals surface area contributed by atoms with Crippen molar-refractivity contribution < 1.29 is 9.90 Å². The van der Waals surface area contributed by atoms with Crippen LogP contribution in [0.25, 0.3) is 0 Å². The maximum atomic E-state index is 11.9. The van der Waals surface area contributed by atoms with Gasteiger partial charge in [-0.3, -0.25) is 0 Å². The summed E-state index contributed by atoms with van der Waals surface area (Å²) in [6, 6.07) is 3.74. The van der Waals surface area contributed by atoms with E-state index in [1.165, 1.54) is 4.90 Å². The van der Waals surface area contributed by atoms with Gasteiger partial charge in [-0.2, -0.15) is 0 Å². The number of nitrogens with zero attached hydrogens (tertiary/aromatic N) is 1. The lowest BCUT2D eigenvalue weighted by Gasteiger charge is -2.26. The maximum absolute atomic E-state index is 11.9. The summed E-state index contributed by atoms with van der Waals surface area (Å²) >= 11 is 1.64. The fourth-order valence-corrected chi connectivity index (χ4v) is 2.30. The highest BCUT2D eigenvalue weighted by Gasteiger charge is 2.19. The molecule has 0 aromatic carbocycles. The minimum Gasteiger partial charge on any atom is -0.394 e. The van der Waals surface area contributed by atoms with Gasteiger partial charge in [0.25, 0.3) is 0 Å². The van der Waals surface area contributed by atoms with Crippen molar-refractivity contribution in [2.75, 3.05) is 13.7 Å². The average molecular weight is 256 g/mol. The van der Waals surface area contributed by atoms with Crippen molar-refractivity contribution in [2.45, 2.75) is 32.4 Å². The van der Waals surface area contributed by atoms with Gasteiger partial charge in [0.05, 0.1) is 18.7 Å². The van der Waals surface area contributed by atoms with Crippen LogP contribution in [0, 0.1) is 0 Å².